The van der Waals surface area contributed by atoms with Crippen LogP contribution in [-0.4, -0.2) is 23.2 Å². The SMILES string of the molecule is CC1(C)OB(c2cc(OCc3ccccc3)ccc2[N+](=O)[O-])OC1(C)C. The average molecular weight is 355 g/mol. The van der Waals surface area contributed by atoms with Gasteiger partial charge in [-0.1, -0.05) is 30.3 Å². The molecule has 7 heteroatoms. The Labute approximate surface area is 153 Å². The van der Waals surface area contributed by atoms with Crippen LogP contribution >= 0.6 is 0 Å². The summed E-state index contributed by atoms with van der Waals surface area (Å²) in [5, 5.41) is 11.4. The number of nitrogens with zero attached hydrogens (tertiary/aromatic N) is 1. The maximum atomic E-state index is 11.4. The lowest BCUT2D eigenvalue weighted by atomic mass is 9.77. The molecule has 0 saturated carbocycles. The third-order valence-electron chi connectivity index (χ3n) is 4.95. The monoisotopic (exact) mass is 355 g/mol. The molecule has 1 fully saturated rings. The molecule has 0 aliphatic carbocycles. The Bertz CT molecular complexity index is 791. The van der Waals surface area contributed by atoms with Crippen LogP contribution in [0.25, 0.3) is 0 Å². The Hall–Kier alpha value is -2.38. The van der Waals surface area contributed by atoms with E-state index in [0.717, 1.165) is 5.56 Å². The Morgan fingerprint density at radius 1 is 1.04 bits per heavy atom. The van der Waals surface area contributed by atoms with E-state index in [-0.39, 0.29) is 5.69 Å². The molecule has 2 aromatic rings. The molecule has 1 heterocycles. The summed E-state index contributed by atoms with van der Waals surface area (Å²) in [6.45, 7) is 8.02. The molecule has 3 rings (SSSR count). The van der Waals surface area contributed by atoms with Crippen LogP contribution in [0.15, 0.2) is 48.5 Å². The van der Waals surface area contributed by atoms with E-state index >= 15 is 0 Å². The van der Waals surface area contributed by atoms with E-state index < -0.39 is 23.2 Å². The number of rotatable bonds is 5. The summed E-state index contributed by atoms with van der Waals surface area (Å²) >= 11 is 0. The first-order valence-electron chi connectivity index (χ1n) is 8.50. The van der Waals surface area contributed by atoms with E-state index in [0.29, 0.717) is 17.8 Å². The van der Waals surface area contributed by atoms with Crippen molar-refractivity contribution in [2.24, 2.45) is 0 Å². The minimum atomic E-state index is -0.819. The highest BCUT2D eigenvalue weighted by molar-refractivity contribution is 6.63. The summed E-state index contributed by atoms with van der Waals surface area (Å²) < 4.78 is 17.8. The second-order valence-corrected chi connectivity index (χ2v) is 7.34. The Morgan fingerprint density at radius 3 is 2.23 bits per heavy atom. The van der Waals surface area contributed by atoms with Crippen LogP contribution in [0.3, 0.4) is 0 Å². The van der Waals surface area contributed by atoms with Crippen molar-refractivity contribution in [1.29, 1.82) is 0 Å². The molecule has 0 bridgehead atoms. The van der Waals surface area contributed by atoms with Crippen LogP contribution in [0.2, 0.25) is 0 Å². The highest BCUT2D eigenvalue weighted by atomic mass is 16.7. The second kappa shape index (κ2) is 6.74. The third kappa shape index (κ3) is 3.59. The van der Waals surface area contributed by atoms with Crippen molar-refractivity contribution in [3.05, 3.63) is 64.2 Å². The van der Waals surface area contributed by atoms with Gasteiger partial charge in [-0.25, -0.2) is 0 Å². The molecule has 1 aliphatic rings. The molecule has 0 amide bonds. The zero-order chi connectivity index (χ0) is 18.9. The van der Waals surface area contributed by atoms with Crippen molar-refractivity contribution >= 4 is 18.3 Å². The van der Waals surface area contributed by atoms with Gasteiger partial charge < -0.3 is 14.0 Å². The molecule has 136 valence electrons. The van der Waals surface area contributed by atoms with Crippen molar-refractivity contribution < 1.29 is 19.0 Å². The van der Waals surface area contributed by atoms with Gasteiger partial charge in [0, 0.05) is 6.07 Å². The predicted molar refractivity (Wildman–Crippen MR) is 99.6 cm³/mol. The minimum Gasteiger partial charge on any atom is -0.489 e. The molecule has 0 aromatic heterocycles. The smallest absolute Gasteiger partial charge is 0.489 e. The van der Waals surface area contributed by atoms with Gasteiger partial charge in [-0.05, 0) is 45.4 Å². The second-order valence-electron chi connectivity index (χ2n) is 7.34. The number of ether oxygens (including phenoxy) is 1. The molecule has 0 radical (unpaired) electrons. The van der Waals surface area contributed by atoms with Gasteiger partial charge in [-0.3, -0.25) is 10.1 Å². The van der Waals surface area contributed by atoms with E-state index in [2.05, 4.69) is 0 Å². The molecular formula is C19H22BNO5. The van der Waals surface area contributed by atoms with Crippen LogP contribution in [0, 0.1) is 10.1 Å². The maximum absolute atomic E-state index is 11.4. The normalized spacial score (nSPS) is 17.9. The largest absolute Gasteiger partial charge is 0.502 e. The fraction of sp³-hybridized carbons (Fsp3) is 0.368. The molecule has 0 N–H and O–H groups in total. The topological polar surface area (TPSA) is 70.8 Å². The fourth-order valence-corrected chi connectivity index (χ4v) is 2.69. The van der Waals surface area contributed by atoms with Crippen LogP contribution < -0.4 is 10.2 Å². The Morgan fingerprint density at radius 2 is 1.65 bits per heavy atom. The lowest BCUT2D eigenvalue weighted by Crippen LogP contribution is -2.41. The van der Waals surface area contributed by atoms with E-state index in [1.807, 2.05) is 58.0 Å². The number of hydrogen-bond acceptors (Lipinski definition) is 5. The van der Waals surface area contributed by atoms with Gasteiger partial charge in [-0.2, -0.15) is 0 Å². The summed E-state index contributed by atoms with van der Waals surface area (Å²) in [6.07, 6.45) is 0. The summed E-state index contributed by atoms with van der Waals surface area (Å²) in [5.41, 5.74) is 0.177. The molecule has 1 saturated heterocycles. The van der Waals surface area contributed by atoms with Gasteiger partial charge in [0.25, 0.3) is 5.69 Å². The average Bonchev–Trinajstić information content (AvgIpc) is 2.81. The molecule has 6 nitrogen and oxygen atoms in total. The molecule has 2 aromatic carbocycles. The van der Waals surface area contributed by atoms with Crippen molar-refractivity contribution in [2.75, 3.05) is 0 Å². The van der Waals surface area contributed by atoms with Gasteiger partial charge in [0.15, 0.2) is 0 Å². The quantitative estimate of drug-likeness (QED) is 0.467. The number of benzene rings is 2. The van der Waals surface area contributed by atoms with Crippen molar-refractivity contribution in [1.82, 2.24) is 0 Å². The van der Waals surface area contributed by atoms with Gasteiger partial charge in [0.05, 0.1) is 21.6 Å². The van der Waals surface area contributed by atoms with Crippen molar-refractivity contribution in [3.8, 4) is 5.75 Å². The summed E-state index contributed by atoms with van der Waals surface area (Å²) in [5.74, 6) is 0.532. The van der Waals surface area contributed by atoms with Crippen LogP contribution in [0.5, 0.6) is 5.75 Å². The van der Waals surface area contributed by atoms with Crippen molar-refractivity contribution in [3.63, 3.8) is 0 Å². The first-order chi connectivity index (χ1) is 12.2. The van der Waals surface area contributed by atoms with Crippen LogP contribution in [-0.2, 0) is 15.9 Å². The Kier molecular flexibility index (Phi) is 4.77. The van der Waals surface area contributed by atoms with E-state index in [1.54, 1.807) is 12.1 Å². The lowest BCUT2D eigenvalue weighted by molar-refractivity contribution is -0.383. The van der Waals surface area contributed by atoms with Gasteiger partial charge in [0.2, 0.25) is 0 Å². The number of nitro benzene ring substituents is 1. The minimum absolute atomic E-state index is 0.0458. The lowest BCUT2D eigenvalue weighted by Gasteiger charge is -2.32. The molecule has 1 aliphatic heterocycles. The first kappa shape index (κ1) is 18.4. The predicted octanol–water partition coefficient (Wildman–Crippen LogP) is 3.47. The number of hydrogen-bond donors (Lipinski definition) is 0. The standard InChI is InChI=1S/C19H22BNO5/c1-18(2)19(3,4)26-20(25-18)16-12-15(10-11-17(16)21(22)23)24-13-14-8-6-5-7-9-14/h5-12H,13H2,1-4H3. The zero-order valence-corrected chi connectivity index (χ0v) is 15.4. The first-order valence-corrected chi connectivity index (χ1v) is 8.50. The Balaban J connectivity index is 1.87. The van der Waals surface area contributed by atoms with Gasteiger partial charge in [-0.15, -0.1) is 0 Å². The summed E-state index contributed by atoms with van der Waals surface area (Å²) in [7, 11) is -0.819. The maximum Gasteiger partial charge on any atom is 0.502 e. The summed E-state index contributed by atoms with van der Waals surface area (Å²) in [4.78, 5) is 11.0. The molecule has 0 spiro atoms. The highest BCUT2D eigenvalue weighted by Gasteiger charge is 2.53. The fourth-order valence-electron chi connectivity index (χ4n) is 2.69. The molecule has 0 unspecified atom stereocenters. The molecule has 26 heavy (non-hydrogen) atoms. The van der Waals surface area contributed by atoms with Crippen molar-refractivity contribution in [2.45, 2.75) is 45.5 Å². The molecular weight excluding hydrogens is 333 g/mol. The summed E-state index contributed by atoms with van der Waals surface area (Å²) in [6, 6.07) is 14.4. The highest BCUT2D eigenvalue weighted by Crippen LogP contribution is 2.37. The number of nitro groups is 1. The van der Waals surface area contributed by atoms with Crippen LogP contribution in [0.4, 0.5) is 5.69 Å². The molecule has 0 atom stereocenters. The van der Waals surface area contributed by atoms with E-state index in [9.17, 15) is 10.1 Å². The third-order valence-corrected chi connectivity index (χ3v) is 4.95. The van der Waals surface area contributed by atoms with Crippen LogP contribution in [0.1, 0.15) is 33.3 Å². The zero-order valence-electron chi connectivity index (χ0n) is 15.4. The van der Waals surface area contributed by atoms with Gasteiger partial charge >= 0.3 is 7.12 Å². The van der Waals surface area contributed by atoms with E-state index in [4.69, 9.17) is 14.0 Å². The van der Waals surface area contributed by atoms with E-state index in [1.165, 1.54) is 6.07 Å². The van der Waals surface area contributed by atoms with Gasteiger partial charge in [0.1, 0.15) is 12.4 Å².